The van der Waals surface area contributed by atoms with Crippen molar-refractivity contribution in [3.63, 3.8) is 0 Å². The molecular weight excluding hydrogens is 434 g/mol. The van der Waals surface area contributed by atoms with Crippen LogP contribution < -0.4 is 4.90 Å². The molecule has 0 N–H and O–H groups in total. The van der Waals surface area contributed by atoms with Gasteiger partial charge in [0.1, 0.15) is 0 Å². The molecule has 7 nitrogen and oxygen atoms in total. The molecule has 31 heavy (non-hydrogen) atoms. The molecule has 0 saturated carbocycles. The number of carbonyl (C=O) groups is 1. The lowest BCUT2D eigenvalue weighted by Crippen LogP contribution is -2.34. The lowest BCUT2D eigenvalue weighted by molar-refractivity contribution is 0.0601. The van der Waals surface area contributed by atoms with Crippen LogP contribution in [0.3, 0.4) is 0 Å². The zero-order valence-corrected chi connectivity index (χ0v) is 19.4. The minimum atomic E-state index is -3.65. The number of aromatic nitrogens is 1. The molecule has 0 amide bonds. The second-order valence-electron chi connectivity index (χ2n) is 7.74. The van der Waals surface area contributed by atoms with Gasteiger partial charge >= 0.3 is 5.97 Å². The van der Waals surface area contributed by atoms with Crippen molar-refractivity contribution in [2.45, 2.75) is 23.7 Å². The Morgan fingerprint density at radius 1 is 1.16 bits per heavy atom. The highest BCUT2D eigenvalue weighted by molar-refractivity contribution is 7.89. The summed E-state index contributed by atoms with van der Waals surface area (Å²) in [5.41, 5.74) is 2.01. The van der Waals surface area contributed by atoms with Crippen molar-refractivity contribution in [2.75, 3.05) is 39.2 Å². The first-order chi connectivity index (χ1) is 14.8. The molecule has 4 rings (SSSR count). The van der Waals surface area contributed by atoms with Gasteiger partial charge in [-0.25, -0.2) is 22.5 Å². The number of para-hydroxylation sites is 1. The SMILES string of the molecule is COC(=O)c1cc(S(=O)(=O)N(C)C)ccc1N1CCC(c2nc3ccccc3s2)CC1. The third-order valence-corrected chi connectivity index (χ3v) is 8.66. The summed E-state index contributed by atoms with van der Waals surface area (Å²) in [6.45, 7) is 1.51. The Kier molecular flexibility index (Phi) is 6.00. The van der Waals surface area contributed by atoms with Crippen LogP contribution in [0.25, 0.3) is 10.2 Å². The van der Waals surface area contributed by atoms with E-state index in [-0.39, 0.29) is 10.5 Å². The first kappa shape index (κ1) is 21.7. The van der Waals surface area contributed by atoms with Crippen molar-refractivity contribution in [2.24, 2.45) is 0 Å². The number of ether oxygens (including phenoxy) is 1. The molecule has 0 atom stereocenters. The number of nitrogens with zero attached hydrogens (tertiary/aromatic N) is 3. The Bertz CT molecular complexity index is 1180. The fourth-order valence-corrected chi connectivity index (χ4v) is 5.93. The second kappa shape index (κ2) is 8.57. The Labute approximate surface area is 186 Å². The van der Waals surface area contributed by atoms with Gasteiger partial charge in [0.05, 0.1) is 38.5 Å². The summed E-state index contributed by atoms with van der Waals surface area (Å²) < 4.78 is 32.3. The Hall–Kier alpha value is -2.49. The normalized spacial score (nSPS) is 15.5. The molecule has 9 heteroatoms. The van der Waals surface area contributed by atoms with Crippen molar-refractivity contribution in [3.05, 3.63) is 53.0 Å². The highest BCUT2D eigenvalue weighted by Crippen LogP contribution is 2.36. The van der Waals surface area contributed by atoms with E-state index in [4.69, 9.17) is 9.72 Å². The summed E-state index contributed by atoms with van der Waals surface area (Å²) >= 11 is 1.74. The van der Waals surface area contributed by atoms with Gasteiger partial charge in [-0.3, -0.25) is 0 Å². The van der Waals surface area contributed by atoms with Crippen LogP contribution in [0.15, 0.2) is 47.4 Å². The molecule has 0 spiro atoms. The predicted molar refractivity (Wildman–Crippen MR) is 122 cm³/mol. The van der Waals surface area contributed by atoms with E-state index in [0.717, 1.165) is 40.8 Å². The molecule has 164 valence electrons. The van der Waals surface area contributed by atoms with Crippen LogP contribution in [0.2, 0.25) is 0 Å². The monoisotopic (exact) mass is 459 g/mol. The average Bonchev–Trinajstić information content (AvgIpc) is 3.22. The molecule has 2 heterocycles. The van der Waals surface area contributed by atoms with Gasteiger partial charge in [0.25, 0.3) is 0 Å². The van der Waals surface area contributed by atoms with E-state index >= 15 is 0 Å². The maximum absolute atomic E-state index is 12.5. The molecule has 1 fully saturated rings. The molecule has 2 aromatic carbocycles. The third kappa shape index (κ3) is 4.17. The smallest absolute Gasteiger partial charge is 0.340 e. The Morgan fingerprint density at radius 2 is 1.87 bits per heavy atom. The minimum absolute atomic E-state index is 0.0750. The number of sulfonamides is 1. The van der Waals surface area contributed by atoms with E-state index in [0.29, 0.717) is 11.6 Å². The number of esters is 1. The number of fused-ring (bicyclic) bond motifs is 1. The Balaban J connectivity index is 1.58. The fourth-order valence-electron chi connectivity index (χ4n) is 3.87. The van der Waals surface area contributed by atoms with Gasteiger partial charge in [0.2, 0.25) is 10.0 Å². The standard InChI is InChI=1S/C22H25N3O4S2/c1-24(2)31(27,28)16-8-9-19(17(14-16)22(26)29-3)25-12-10-15(11-13-25)21-23-18-6-4-5-7-20(18)30-21/h4-9,14-15H,10-13H2,1-3H3. The number of thiazole rings is 1. The van der Waals surface area contributed by atoms with E-state index in [2.05, 4.69) is 11.0 Å². The molecule has 1 saturated heterocycles. The summed E-state index contributed by atoms with van der Waals surface area (Å²) in [5.74, 6) is -0.164. The lowest BCUT2D eigenvalue weighted by atomic mass is 9.96. The van der Waals surface area contributed by atoms with Crippen LogP contribution in [0.1, 0.15) is 34.1 Å². The summed E-state index contributed by atoms with van der Waals surface area (Å²) in [5, 5.41) is 1.15. The van der Waals surface area contributed by atoms with Gasteiger partial charge in [-0.2, -0.15) is 0 Å². The van der Waals surface area contributed by atoms with Crippen molar-refractivity contribution in [3.8, 4) is 0 Å². The van der Waals surface area contributed by atoms with E-state index < -0.39 is 16.0 Å². The summed E-state index contributed by atoms with van der Waals surface area (Å²) in [4.78, 5) is 19.5. The van der Waals surface area contributed by atoms with Crippen molar-refractivity contribution >= 4 is 43.2 Å². The van der Waals surface area contributed by atoms with Crippen molar-refractivity contribution in [1.82, 2.24) is 9.29 Å². The van der Waals surface area contributed by atoms with E-state index in [9.17, 15) is 13.2 Å². The van der Waals surface area contributed by atoms with Gasteiger partial charge in [0.15, 0.2) is 0 Å². The van der Waals surface area contributed by atoms with E-state index in [1.807, 2.05) is 18.2 Å². The van der Waals surface area contributed by atoms with Gasteiger partial charge in [0, 0.05) is 33.1 Å². The molecule has 0 unspecified atom stereocenters. The van der Waals surface area contributed by atoms with E-state index in [1.54, 1.807) is 23.5 Å². The topological polar surface area (TPSA) is 79.8 Å². The molecule has 1 aliphatic heterocycles. The number of methoxy groups -OCH3 is 1. The van der Waals surface area contributed by atoms with Gasteiger partial charge in [-0.1, -0.05) is 12.1 Å². The van der Waals surface area contributed by atoms with Crippen LogP contribution in [0, 0.1) is 0 Å². The van der Waals surface area contributed by atoms with Crippen LogP contribution in [-0.4, -0.2) is 58.0 Å². The summed E-state index contributed by atoms with van der Waals surface area (Å²) in [6, 6.07) is 12.8. The first-order valence-electron chi connectivity index (χ1n) is 10.1. The number of piperidine rings is 1. The highest BCUT2D eigenvalue weighted by atomic mass is 32.2. The number of rotatable bonds is 5. The largest absolute Gasteiger partial charge is 0.465 e. The second-order valence-corrected chi connectivity index (χ2v) is 11.0. The summed E-state index contributed by atoms with van der Waals surface area (Å²) in [7, 11) is 0.590. The van der Waals surface area contributed by atoms with Crippen LogP contribution >= 0.6 is 11.3 Å². The molecular formula is C22H25N3O4S2. The third-order valence-electron chi connectivity index (χ3n) is 5.65. The average molecular weight is 460 g/mol. The number of hydrogen-bond donors (Lipinski definition) is 0. The van der Waals surface area contributed by atoms with Gasteiger partial charge in [-0.15, -0.1) is 11.3 Å². The van der Waals surface area contributed by atoms with Gasteiger partial charge < -0.3 is 9.64 Å². The zero-order valence-electron chi connectivity index (χ0n) is 17.7. The number of benzene rings is 2. The zero-order chi connectivity index (χ0) is 22.2. The molecule has 1 aliphatic rings. The van der Waals surface area contributed by atoms with Crippen LogP contribution in [-0.2, 0) is 14.8 Å². The number of hydrogen-bond acceptors (Lipinski definition) is 7. The van der Waals surface area contributed by atoms with Crippen molar-refractivity contribution in [1.29, 1.82) is 0 Å². The molecule has 0 bridgehead atoms. The highest BCUT2D eigenvalue weighted by Gasteiger charge is 2.28. The molecule has 0 radical (unpaired) electrons. The molecule has 3 aromatic rings. The Morgan fingerprint density at radius 3 is 2.52 bits per heavy atom. The summed E-state index contributed by atoms with van der Waals surface area (Å²) in [6.07, 6.45) is 1.83. The van der Waals surface area contributed by atoms with Crippen LogP contribution in [0.5, 0.6) is 0 Å². The number of carbonyl (C=O) groups excluding carboxylic acids is 1. The number of anilines is 1. The fraction of sp³-hybridized carbons (Fsp3) is 0.364. The molecule has 0 aliphatic carbocycles. The maximum atomic E-state index is 12.5. The van der Waals surface area contributed by atoms with Gasteiger partial charge in [-0.05, 0) is 43.2 Å². The quantitative estimate of drug-likeness (QED) is 0.541. The van der Waals surface area contributed by atoms with Crippen LogP contribution in [0.4, 0.5) is 5.69 Å². The van der Waals surface area contributed by atoms with Crippen molar-refractivity contribution < 1.29 is 17.9 Å². The predicted octanol–water partition coefficient (Wildman–Crippen LogP) is 3.72. The molecule has 1 aromatic heterocycles. The lowest BCUT2D eigenvalue weighted by Gasteiger charge is -2.34. The van der Waals surface area contributed by atoms with E-state index in [1.165, 1.54) is 32.0 Å². The minimum Gasteiger partial charge on any atom is -0.465 e. The maximum Gasteiger partial charge on any atom is 0.340 e. The first-order valence-corrected chi connectivity index (χ1v) is 12.3.